The Kier molecular flexibility index (Phi) is 6.67. The van der Waals surface area contributed by atoms with Gasteiger partial charge >= 0.3 is 5.51 Å². The van der Waals surface area contributed by atoms with Crippen molar-refractivity contribution in [2.45, 2.75) is 22.9 Å². The van der Waals surface area contributed by atoms with Gasteiger partial charge in [-0.2, -0.15) is 13.2 Å². The fourth-order valence-electron chi connectivity index (χ4n) is 1.23. The van der Waals surface area contributed by atoms with Crippen LogP contribution in [0.15, 0.2) is 41.8 Å². The van der Waals surface area contributed by atoms with Crippen molar-refractivity contribution in [1.82, 2.24) is 0 Å². The summed E-state index contributed by atoms with van der Waals surface area (Å²) in [4.78, 5) is 0.169. The lowest BCUT2D eigenvalue weighted by atomic mass is 10.1. The molecule has 0 heterocycles. The predicted molar refractivity (Wildman–Crippen MR) is 67.3 cm³/mol. The molecule has 6 heteroatoms. The zero-order valence-electron chi connectivity index (χ0n) is 8.91. The van der Waals surface area contributed by atoms with Crippen LogP contribution in [0.1, 0.15) is 18.0 Å². The minimum absolute atomic E-state index is 0. The second-order valence-corrected chi connectivity index (χ2v) is 4.39. The van der Waals surface area contributed by atoms with Crippen LogP contribution in [-0.2, 0) is 0 Å². The number of nitrogens with two attached hydrogens (primary N) is 1. The van der Waals surface area contributed by atoms with Gasteiger partial charge in [0, 0.05) is 10.9 Å². The smallest absolute Gasteiger partial charge is 0.324 e. The van der Waals surface area contributed by atoms with E-state index in [1.54, 1.807) is 18.2 Å². The van der Waals surface area contributed by atoms with Gasteiger partial charge in [-0.25, -0.2) is 0 Å². The Labute approximate surface area is 109 Å². The fraction of sp³-hybridized carbons (Fsp3) is 0.273. The molecule has 0 fully saturated rings. The third-order valence-corrected chi connectivity index (χ3v) is 2.70. The van der Waals surface area contributed by atoms with Crippen molar-refractivity contribution in [2.75, 3.05) is 0 Å². The number of halogens is 4. The first-order valence-corrected chi connectivity index (χ1v) is 5.46. The number of hydrogen-bond acceptors (Lipinski definition) is 2. The molecule has 0 aliphatic heterocycles. The minimum atomic E-state index is -4.25. The van der Waals surface area contributed by atoms with Crippen LogP contribution in [0.25, 0.3) is 0 Å². The van der Waals surface area contributed by atoms with Crippen LogP contribution >= 0.6 is 24.2 Å². The van der Waals surface area contributed by atoms with Crippen LogP contribution in [-0.4, -0.2) is 5.51 Å². The van der Waals surface area contributed by atoms with Gasteiger partial charge in [0.05, 0.1) is 0 Å². The molecule has 0 aromatic heterocycles. The van der Waals surface area contributed by atoms with Gasteiger partial charge in [-0.3, -0.25) is 0 Å². The molecule has 0 aliphatic carbocycles. The highest BCUT2D eigenvalue weighted by Crippen LogP contribution is 2.36. The molecule has 0 amide bonds. The monoisotopic (exact) mass is 283 g/mol. The molecule has 1 aromatic carbocycles. The molecule has 0 saturated heterocycles. The first kappa shape index (κ1) is 16.4. The lowest BCUT2D eigenvalue weighted by Crippen LogP contribution is -2.08. The van der Waals surface area contributed by atoms with Crippen molar-refractivity contribution >= 4 is 24.2 Å². The average Bonchev–Trinajstić information content (AvgIpc) is 2.16. The van der Waals surface area contributed by atoms with Crippen LogP contribution in [0.5, 0.6) is 0 Å². The first-order chi connectivity index (χ1) is 7.42. The molecule has 2 N–H and O–H groups in total. The summed E-state index contributed by atoms with van der Waals surface area (Å²) in [5.74, 6) is 0. The molecule has 0 saturated carbocycles. The quantitative estimate of drug-likeness (QED) is 0.659. The van der Waals surface area contributed by atoms with Gasteiger partial charge in [-0.15, -0.1) is 19.0 Å². The Bertz CT molecular complexity index is 351. The lowest BCUT2D eigenvalue weighted by molar-refractivity contribution is -0.0328. The standard InChI is InChI=1S/C11H12F3NS.ClH/c1-2-3-10(15)8-4-6-9(7-5-8)16-11(12,13)14;/h2,4-7,10H,1,3,15H2;1H/t10-;/m0./s1. The molecule has 1 atom stereocenters. The summed E-state index contributed by atoms with van der Waals surface area (Å²) in [6.07, 6.45) is 2.29. The molecule has 0 spiro atoms. The maximum Gasteiger partial charge on any atom is 0.446 e. The van der Waals surface area contributed by atoms with E-state index in [4.69, 9.17) is 5.73 Å². The minimum Gasteiger partial charge on any atom is -0.324 e. The van der Waals surface area contributed by atoms with E-state index in [0.717, 1.165) is 5.56 Å². The SMILES string of the molecule is C=CC[C@H](N)c1ccc(SC(F)(F)F)cc1.Cl. The van der Waals surface area contributed by atoms with Gasteiger partial charge in [-0.1, -0.05) is 18.2 Å². The van der Waals surface area contributed by atoms with E-state index in [-0.39, 0.29) is 35.1 Å². The second-order valence-electron chi connectivity index (χ2n) is 3.25. The normalized spacial score (nSPS) is 12.7. The van der Waals surface area contributed by atoms with E-state index in [2.05, 4.69) is 6.58 Å². The van der Waals surface area contributed by atoms with Gasteiger partial charge in [0.15, 0.2) is 0 Å². The maximum atomic E-state index is 12.0. The molecular formula is C11H13ClF3NS. The zero-order valence-corrected chi connectivity index (χ0v) is 10.5. The van der Waals surface area contributed by atoms with Crippen molar-refractivity contribution < 1.29 is 13.2 Å². The fourth-order valence-corrected chi connectivity index (χ4v) is 1.77. The van der Waals surface area contributed by atoms with Crippen molar-refractivity contribution in [1.29, 1.82) is 0 Å². The molecule has 17 heavy (non-hydrogen) atoms. The van der Waals surface area contributed by atoms with E-state index in [1.165, 1.54) is 12.1 Å². The van der Waals surface area contributed by atoms with Crippen LogP contribution in [0.2, 0.25) is 0 Å². The van der Waals surface area contributed by atoms with Gasteiger partial charge in [-0.05, 0) is 35.9 Å². The average molecular weight is 284 g/mol. The van der Waals surface area contributed by atoms with Crippen molar-refractivity contribution in [3.63, 3.8) is 0 Å². The number of benzene rings is 1. The highest BCUT2D eigenvalue weighted by molar-refractivity contribution is 8.00. The van der Waals surface area contributed by atoms with Gasteiger partial charge < -0.3 is 5.73 Å². The van der Waals surface area contributed by atoms with E-state index < -0.39 is 5.51 Å². The summed E-state index contributed by atoms with van der Waals surface area (Å²) in [6.45, 7) is 3.56. The predicted octanol–water partition coefficient (Wildman–Crippen LogP) is 4.30. The topological polar surface area (TPSA) is 26.0 Å². The summed E-state index contributed by atoms with van der Waals surface area (Å²) in [5.41, 5.74) is 2.35. The number of alkyl halides is 3. The second kappa shape index (κ2) is 6.93. The van der Waals surface area contributed by atoms with Crippen LogP contribution in [0, 0.1) is 0 Å². The Balaban J connectivity index is 0.00000256. The molecule has 96 valence electrons. The highest BCUT2D eigenvalue weighted by atomic mass is 35.5. The van der Waals surface area contributed by atoms with E-state index >= 15 is 0 Å². The molecule has 1 aromatic rings. The Morgan fingerprint density at radius 3 is 2.24 bits per heavy atom. The third kappa shape index (κ3) is 6.00. The molecule has 0 radical (unpaired) electrons. The molecular weight excluding hydrogens is 271 g/mol. The van der Waals surface area contributed by atoms with Crippen LogP contribution in [0.3, 0.4) is 0 Å². The summed E-state index contributed by atoms with van der Waals surface area (Å²) < 4.78 is 36.1. The summed E-state index contributed by atoms with van der Waals surface area (Å²) >= 11 is -0.126. The van der Waals surface area contributed by atoms with Crippen molar-refractivity contribution in [2.24, 2.45) is 5.73 Å². The molecule has 1 nitrogen and oxygen atoms in total. The molecule has 0 unspecified atom stereocenters. The number of rotatable bonds is 4. The molecule has 0 bridgehead atoms. The van der Waals surface area contributed by atoms with E-state index in [9.17, 15) is 13.2 Å². The Morgan fingerprint density at radius 2 is 1.82 bits per heavy atom. The Hall–Kier alpha value is -0.650. The third-order valence-electron chi connectivity index (χ3n) is 1.96. The lowest BCUT2D eigenvalue weighted by Gasteiger charge is -2.10. The van der Waals surface area contributed by atoms with Crippen LogP contribution in [0.4, 0.5) is 13.2 Å². The van der Waals surface area contributed by atoms with Gasteiger partial charge in [0.25, 0.3) is 0 Å². The summed E-state index contributed by atoms with van der Waals surface area (Å²) in [7, 11) is 0. The van der Waals surface area contributed by atoms with Crippen molar-refractivity contribution in [3.8, 4) is 0 Å². The zero-order chi connectivity index (χ0) is 12.2. The molecule has 0 aliphatic rings. The molecule has 1 rings (SSSR count). The van der Waals surface area contributed by atoms with E-state index in [1.807, 2.05) is 0 Å². The number of hydrogen-bond donors (Lipinski definition) is 1. The van der Waals surface area contributed by atoms with Crippen LogP contribution < -0.4 is 5.73 Å². The van der Waals surface area contributed by atoms with E-state index in [0.29, 0.717) is 6.42 Å². The summed E-state index contributed by atoms with van der Waals surface area (Å²) in [5, 5.41) is 0. The number of thioether (sulfide) groups is 1. The van der Waals surface area contributed by atoms with Gasteiger partial charge in [0.1, 0.15) is 0 Å². The largest absolute Gasteiger partial charge is 0.446 e. The highest BCUT2D eigenvalue weighted by Gasteiger charge is 2.29. The van der Waals surface area contributed by atoms with Crippen molar-refractivity contribution in [3.05, 3.63) is 42.5 Å². The summed E-state index contributed by atoms with van der Waals surface area (Å²) in [6, 6.07) is 5.87. The van der Waals surface area contributed by atoms with Gasteiger partial charge in [0.2, 0.25) is 0 Å². The maximum absolute atomic E-state index is 12.0. The first-order valence-electron chi connectivity index (χ1n) is 4.64. The Morgan fingerprint density at radius 1 is 1.29 bits per heavy atom.